The average molecular weight is 282 g/mol. The first kappa shape index (κ1) is 14.9. The minimum absolute atomic E-state index is 0.223. The van der Waals surface area contributed by atoms with E-state index in [-0.39, 0.29) is 11.8 Å². The number of benzene rings is 1. The molecule has 1 heterocycles. The molecule has 1 aromatic rings. The minimum atomic E-state index is -0.596. The highest BCUT2D eigenvalue weighted by Crippen LogP contribution is 2.23. The lowest BCUT2D eigenvalue weighted by molar-refractivity contribution is -0.385. The van der Waals surface area contributed by atoms with Gasteiger partial charge in [0.05, 0.1) is 17.1 Å². The first-order valence-corrected chi connectivity index (χ1v) is 6.80. The summed E-state index contributed by atoms with van der Waals surface area (Å²) in [5.74, 6) is -0.218. The Balaban J connectivity index is 1.96. The summed E-state index contributed by atoms with van der Waals surface area (Å²) in [5.41, 5.74) is 0.255. The molecular formula is C14H19FN2O3. The summed E-state index contributed by atoms with van der Waals surface area (Å²) in [6, 6.07) is 3.78. The zero-order valence-electron chi connectivity index (χ0n) is 11.5. The van der Waals surface area contributed by atoms with Crippen LogP contribution in [0.2, 0.25) is 0 Å². The summed E-state index contributed by atoms with van der Waals surface area (Å²) in [6.07, 6.45) is 1.49. The van der Waals surface area contributed by atoms with Crippen LogP contribution in [0, 0.1) is 21.8 Å². The van der Waals surface area contributed by atoms with Gasteiger partial charge in [0.25, 0.3) is 5.69 Å². The Hall–Kier alpha value is -1.53. The van der Waals surface area contributed by atoms with E-state index in [9.17, 15) is 19.6 Å². The van der Waals surface area contributed by atoms with Crippen molar-refractivity contribution in [1.29, 1.82) is 0 Å². The van der Waals surface area contributed by atoms with Gasteiger partial charge in [-0.2, -0.15) is 0 Å². The molecule has 0 aromatic heterocycles. The van der Waals surface area contributed by atoms with Gasteiger partial charge >= 0.3 is 0 Å². The van der Waals surface area contributed by atoms with Gasteiger partial charge in [-0.3, -0.25) is 15.0 Å². The number of nitrogens with zero attached hydrogens (tertiary/aromatic N) is 2. The lowest BCUT2D eigenvalue weighted by atomic mass is 9.92. The SMILES string of the molecule is CC(O)C1CCN(Cc2ccc([N+](=O)[O-])cc2F)CC1. The molecule has 20 heavy (non-hydrogen) atoms. The van der Waals surface area contributed by atoms with Crippen molar-refractivity contribution in [1.82, 2.24) is 4.90 Å². The number of aliphatic hydroxyl groups is 1. The molecule has 1 fully saturated rings. The predicted molar refractivity (Wildman–Crippen MR) is 72.7 cm³/mol. The van der Waals surface area contributed by atoms with E-state index in [1.807, 2.05) is 0 Å². The number of likely N-dealkylation sites (tertiary alicyclic amines) is 1. The topological polar surface area (TPSA) is 66.6 Å². The summed E-state index contributed by atoms with van der Waals surface area (Å²) in [6.45, 7) is 3.88. The van der Waals surface area contributed by atoms with E-state index >= 15 is 0 Å². The second kappa shape index (κ2) is 6.28. The van der Waals surface area contributed by atoms with E-state index in [1.54, 1.807) is 6.92 Å². The van der Waals surface area contributed by atoms with Crippen LogP contribution < -0.4 is 0 Å². The Bertz CT molecular complexity index is 485. The summed E-state index contributed by atoms with van der Waals surface area (Å²) in [5, 5.41) is 20.1. The molecule has 1 N–H and O–H groups in total. The third kappa shape index (κ3) is 3.52. The Morgan fingerprint density at radius 3 is 2.65 bits per heavy atom. The van der Waals surface area contributed by atoms with Crippen LogP contribution in [0.5, 0.6) is 0 Å². The lowest BCUT2D eigenvalue weighted by Gasteiger charge is -2.33. The number of hydrogen-bond acceptors (Lipinski definition) is 4. The van der Waals surface area contributed by atoms with Gasteiger partial charge in [0, 0.05) is 18.2 Å². The fourth-order valence-corrected chi connectivity index (χ4v) is 2.61. The Labute approximate surface area is 117 Å². The third-order valence-corrected chi connectivity index (χ3v) is 3.96. The fraction of sp³-hybridized carbons (Fsp3) is 0.571. The molecule has 2 rings (SSSR count). The zero-order valence-corrected chi connectivity index (χ0v) is 11.5. The second-order valence-corrected chi connectivity index (χ2v) is 5.39. The molecular weight excluding hydrogens is 263 g/mol. The van der Waals surface area contributed by atoms with Crippen LogP contribution in [-0.2, 0) is 6.54 Å². The molecule has 0 aliphatic carbocycles. The van der Waals surface area contributed by atoms with Gasteiger partial charge in [-0.05, 0) is 44.8 Å². The molecule has 0 saturated carbocycles. The third-order valence-electron chi connectivity index (χ3n) is 3.96. The summed E-state index contributed by atoms with van der Waals surface area (Å²) >= 11 is 0. The van der Waals surface area contributed by atoms with Crippen LogP contribution in [-0.4, -0.2) is 34.1 Å². The number of rotatable bonds is 4. The van der Waals surface area contributed by atoms with Crippen LogP contribution in [0.1, 0.15) is 25.3 Å². The molecule has 1 aliphatic rings. The summed E-state index contributed by atoms with van der Waals surface area (Å²) in [7, 11) is 0. The van der Waals surface area contributed by atoms with Crippen LogP contribution >= 0.6 is 0 Å². The Morgan fingerprint density at radius 1 is 1.50 bits per heavy atom. The van der Waals surface area contributed by atoms with E-state index in [2.05, 4.69) is 4.90 Å². The van der Waals surface area contributed by atoms with Gasteiger partial charge in [-0.15, -0.1) is 0 Å². The number of non-ortho nitro benzene ring substituents is 1. The first-order chi connectivity index (χ1) is 9.47. The van der Waals surface area contributed by atoms with Crippen LogP contribution in [0.25, 0.3) is 0 Å². The largest absolute Gasteiger partial charge is 0.393 e. The average Bonchev–Trinajstić information content (AvgIpc) is 2.41. The molecule has 110 valence electrons. The number of halogens is 1. The number of piperidine rings is 1. The molecule has 1 atom stereocenters. The molecule has 1 aromatic carbocycles. The lowest BCUT2D eigenvalue weighted by Crippen LogP contribution is -2.36. The molecule has 0 radical (unpaired) electrons. The van der Waals surface area contributed by atoms with E-state index in [1.165, 1.54) is 12.1 Å². The van der Waals surface area contributed by atoms with Crippen LogP contribution in [0.15, 0.2) is 18.2 Å². The van der Waals surface area contributed by atoms with E-state index in [4.69, 9.17) is 0 Å². The van der Waals surface area contributed by atoms with E-state index in [0.29, 0.717) is 18.0 Å². The number of nitro benzene ring substituents is 1. The van der Waals surface area contributed by atoms with E-state index < -0.39 is 10.7 Å². The number of hydrogen-bond donors (Lipinski definition) is 1. The highest BCUT2D eigenvalue weighted by atomic mass is 19.1. The molecule has 0 bridgehead atoms. The molecule has 1 aliphatic heterocycles. The van der Waals surface area contributed by atoms with Crippen molar-refractivity contribution in [2.75, 3.05) is 13.1 Å². The number of nitro groups is 1. The molecule has 1 unspecified atom stereocenters. The normalized spacial score (nSPS) is 18.9. The van der Waals surface area contributed by atoms with Gasteiger partial charge in [0.2, 0.25) is 0 Å². The molecule has 6 heteroatoms. The quantitative estimate of drug-likeness (QED) is 0.680. The van der Waals surface area contributed by atoms with Crippen molar-refractivity contribution in [3.63, 3.8) is 0 Å². The van der Waals surface area contributed by atoms with Crippen molar-refractivity contribution in [2.45, 2.75) is 32.4 Å². The van der Waals surface area contributed by atoms with Crippen molar-refractivity contribution in [3.05, 3.63) is 39.7 Å². The molecule has 1 saturated heterocycles. The highest BCUT2D eigenvalue weighted by molar-refractivity contribution is 5.34. The molecule has 0 spiro atoms. The van der Waals surface area contributed by atoms with Crippen LogP contribution in [0.3, 0.4) is 0 Å². The van der Waals surface area contributed by atoms with Gasteiger partial charge in [0.15, 0.2) is 0 Å². The van der Waals surface area contributed by atoms with Crippen molar-refractivity contribution in [2.24, 2.45) is 5.92 Å². The zero-order chi connectivity index (χ0) is 14.7. The summed E-state index contributed by atoms with van der Waals surface area (Å²) < 4.78 is 13.8. The van der Waals surface area contributed by atoms with Crippen LogP contribution in [0.4, 0.5) is 10.1 Å². The smallest absolute Gasteiger partial charge is 0.272 e. The summed E-state index contributed by atoms with van der Waals surface area (Å²) in [4.78, 5) is 12.1. The Kier molecular flexibility index (Phi) is 4.67. The second-order valence-electron chi connectivity index (χ2n) is 5.39. The predicted octanol–water partition coefficient (Wildman–Crippen LogP) is 2.33. The maximum Gasteiger partial charge on any atom is 0.272 e. The van der Waals surface area contributed by atoms with Gasteiger partial charge in [-0.25, -0.2) is 4.39 Å². The highest BCUT2D eigenvalue weighted by Gasteiger charge is 2.23. The molecule has 5 nitrogen and oxygen atoms in total. The fourth-order valence-electron chi connectivity index (χ4n) is 2.61. The van der Waals surface area contributed by atoms with Crippen molar-refractivity contribution in [3.8, 4) is 0 Å². The van der Waals surface area contributed by atoms with Gasteiger partial charge in [0.1, 0.15) is 5.82 Å². The van der Waals surface area contributed by atoms with Gasteiger partial charge in [-0.1, -0.05) is 0 Å². The van der Waals surface area contributed by atoms with Crippen molar-refractivity contribution < 1.29 is 14.4 Å². The standard InChI is InChI=1S/C14H19FN2O3/c1-10(18)11-4-6-16(7-5-11)9-12-2-3-13(17(19)20)8-14(12)15/h2-3,8,10-11,18H,4-7,9H2,1H3. The van der Waals surface area contributed by atoms with E-state index in [0.717, 1.165) is 32.0 Å². The van der Waals surface area contributed by atoms with Gasteiger partial charge < -0.3 is 5.11 Å². The van der Waals surface area contributed by atoms with Crippen molar-refractivity contribution >= 4 is 5.69 Å². The maximum absolute atomic E-state index is 13.8. The number of aliphatic hydroxyl groups excluding tert-OH is 1. The first-order valence-electron chi connectivity index (χ1n) is 6.80. The minimum Gasteiger partial charge on any atom is -0.393 e. The maximum atomic E-state index is 13.8. The molecule has 0 amide bonds. The monoisotopic (exact) mass is 282 g/mol. The Morgan fingerprint density at radius 2 is 2.15 bits per heavy atom.